The van der Waals surface area contributed by atoms with Crippen LogP contribution in [-0.2, 0) is 17.6 Å². The fraction of sp³-hybridized carbons (Fsp3) is 0.312. The summed E-state index contributed by atoms with van der Waals surface area (Å²) >= 11 is 3.24. The van der Waals surface area contributed by atoms with E-state index in [-0.39, 0.29) is 5.91 Å². The maximum absolute atomic E-state index is 12.1. The van der Waals surface area contributed by atoms with Gasteiger partial charge in [-0.15, -0.1) is 22.7 Å². The highest BCUT2D eigenvalue weighted by Gasteiger charge is 2.17. The molecule has 0 radical (unpaired) electrons. The first-order valence-electron chi connectivity index (χ1n) is 7.53. The summed E-state index contributed by atoms with van der Waals surface area (Å²) in [5, 5.41) is 3.56. The molecule has 5 nitrogen and oxygen atoms in total. The maximum Gasteiger partial charge on any atom is 0.250 e. The second-order valence-corrected chi connectivity index (χ2v) is 7.94. The molecule has 3 aromatic heterocycles. The second-order valence-electron chi connectivity index (χ2n) is 5.64. The van der Waals surface area contributed by atoms with Gasteiger partial charge in [0.05, 0.1) is 17.1 Å². The Bertz CT molecular complexity index is 910. The predicted molar refractivity (Wildman–Crippen MR) is 94.3 cm³/mol. The van der Waals surface area contributed by atoms with Crippen LogP contribution in [0, 0.1) is 13.8 Å². The molecule has 0 fully saturated rings. The Kier molecular flexibility index (Phi) is 3.54. The van der Waals surface area contributed by atoms with Gasteiger partial charge in [0.25, 0.3) is 0 Å². The van der Waals surface area contributed by atoms with Crippen LogP contribution in [0.1, 0.15) is 33.3 Å². The summed E-state index contributed by atoms with van der Waals surface area (Å²) in [5.74, 6) is -0.154. The number of hydrogen-bond acceptors (Lipinski definition) is 5. The van der Waals surface area contributed by atoms with Crippen molar-refractivity contribution < 1.29 is 4.79 Å². The Balaban J connectivity index is 1.52. The van der Waals surface area contributed by atoms with E-state index < -0.39 is 0 Å². The van der Waals surface area contributed by atoms with Gasteiger partial charge in [-0.25, -0.2) is 9.97 Å². The second kappa shape index (κ2) is 5.58. The zero-order valence-corrected chi connectivity index (χ0v) is 14.6. The Morgan fingerprint density at radius 3 is 3.00 bits per heavy atom. The van der Waals surface area contributed by atoms with Gasteiger partial charge >= 0.3 is 0 Å². The highest BCUT2D eigenvalue weighted by atomic mass is 32.1. The topological polar surface area (TPSA) is 59.3 Å². The standard InChI is InChI=1S/C16H16N4OS2/c1-9-8-20-12(10(2)17-16(20)22-9)6-7-14(21)19-15-18-11-4-3-5-13(11)23-15/h6-8H,3-5H2,1-2H3,(H,18,19,21). The summed E-state index contributed by atoms with van der Waals surface area (Å²) in [6.45, 7) is 4.01. The number of amides is 1. The lowest BCUT2D eigenvalue weighted by Crippen LogP contribution is -2.07. The van der Waals surface area contributed by atoms with E-state index in [9.17, 15) is 4.79 Å². The largest absolute Gasteiger partial charge is 0.298 e. The molecule has 3 aromatic rings. The molecular formula is C16H16N4OS2. The van der Waals surface area contributed by atoms with E-state index in [1.165, 1.54) is 16.2 Å². The Morgan fingerprint density at radius 1 is 1.30 bits per heavy atom. The van der Waals surface area contributed by atoms with E-state index in [2.05, 4.69) is 22.2 Å². The molecule has 0 bridgehead atoms. The molecule has 0 saturated heterocycles. The number of aromatic nitrogens is 3. The zero-order chi connectivity index (χ0) is 16.0. The van der Waals surface area contributed by atoms with Gasteiger partial charge in [-0.05, 0) is 39.2 Å². The van der Waals surface area contributed by atoms with Gasteiger partial charge in [0.2, 0.25) is 5.91 Å². The molecular weight excluding hydrogens is 328 g/mol. The van der Waals surface area contributed by atoms with Gasteiger partial charge in [0.15, 0.2) is 10.1 Å². The number of carbonyl (C=O) groups is 1. The lowest BCUT2D eigenvalue weighted by atomic mass is 10.3. The monoisotopic (exact) mass is 344 g/mol. The predicted octanol–water partition coefficient (Wildman–Crippen LogP) is 3.61. The van der Waals surface area contributed by atoms with Crippen molar-refractivity contribution in [1.29, 1.82) is 0 Å². The van der Waals surface area contributed by atoms with E-state index in [1.807, 2.05) is 23.6 Å². The van der Waals surface area contributed by atoms with Gasteiger partial charge in [-0.2, -0.15) is 0 Å². The third kappa shape index (κ3) is 2.70. The molecule has 1 amide bonds. The third-order valence-electron chi connectivity index (χ3n) is 3.88. The zero-order valence-electron chi connectivity index (χ0n) is 12.9. The molecule has 0 spiro atoms. The lowest BCUT2D eigenvalue weighted by Gasteiger charge is -1.97. The molecule has 3 heterocycles. The summed E-state index contributed by atoms with van der Waals surface area (Å²) < 4.78 is 2.02. The molecule has 0 unspecified atom stereocenters. The number of fused-ring (bicyclic) bond motifs is 2. The smallest absolute Gasteiger partial charge is 0.250 e. The van der Waals surface area contributed by atoms with Gasteiger partial charge in [0, 0.05) is 22.0 Å². The molecule has 1 aliphatic carbocycles. The van der Waals surface area contributed by atoms with E-state index in [4.69, 9.17) is 0 Å². The number of hydrogen-bond donors (Lipinski definition) is 1. The maximum atomic E-state index is 12.1. The van der Waals surface area contributed by atoms with Crippen LogP contribution in [0.3, 0.4) is 0 Å². The van der Waals surface area contributed by atoms with Crippen LogP contribution >= 0.6 is 22.7 Å². The van der Waals surface area contributed by atoms with Crippen molar-refractivity contribution in [3.63, 3.8) is 0 Å². The Hall–Kier alpha value is -1.99. The average molecular weight is 344 g/mol. The first-order chi connectivity index (χ1) is 11.1. The van der Waals surface area contributed by atoms with Crippen molar-refractivity contribution in [2.45, 2.75) is 33.1 Å². The molecule has 0 aromatic carbocycles. The number of imidazole rings is 1. The number of thiazole rings is 2. The van der Waals surface area contributed by atoms with Crippen molar-refractivity contribution >= 4 is 44.7 Å². The van der Waals surface area contributed by atoms with Crippen LogP contribution in [0.15, 0.2) is 12.3 Å². The fourth-order valence-electron chi connectivity index (χ4n) is 2.83. The molecule has 1 aliphatic rings. The summed E-state index contributed by atoms with van der Waals surface area (Å²) in [6.07, 6.45) is 8.71. The quantitative estimate of drug-likeness (QED) is 0.739. The first-order valence-corrected chi connectivity index (χ1v) is 9.16. The fourth-order valence-corrected chi connectivity index (χ4v) is 4.76. The summed E-state index contributed by atoms with van der Waals surface area (Å²) in [4.78, 5) is 24.6. The van der Waals surface area contributed by atoms with E-state index in [1.54, 1.807) is 28.7 Å². The van der Waals surface area contributed by atoms with Crippen LogP contribution in [0.2, 0.25) is 0 Å². The van der Waals surface area contributed by atoms with Crippen LogP contribution < -0.4 is 5.32 Å². The van der Waals surface area contributed by atoms with Crippen molar-refractivity contribution in [2.75, 3.05) is 5.32 Å². The van der Waals surface area contributed by atoms with Crippen LogP contribution in [0.25, 0.3) is 11.0 Å². The number of nitrogens with one attached hydrogen (secondary N) is 1. The van der Waals surface area contributed by atoms with Crippen LogP contribution in [-0.4, -0.2) is 20.3 Å². The number of carbonyl (C=O) groups excluding carboxylic acids is 1. The minimum atomic E-state index is -0.154. The Morgan fingerprint density at radius 2 is 2.17 bits per heavy atom. The average Bonchev–Trinajstić information content (AvgIpc) is 3.18. The van der Waals surface area contributed by atoms with E-state index >= 15 is 0 Å². The normalized spacial score (nSPS) is 14.0. The van der Waals surface area contributed by atoms with Crippen molar-refractivity contribution in [3.05, 3.63) is 39.1 Å². The molecule has 0 aliphatic heterocycles. The van der Waals surface area contributed by atoms with Crippen LogP contribution in [0.4, 0.5) is 5.13 Å². The molecule has 23 heavy (non-hydrogen) atoms. The highest BCUT2D eigenvalue weighted by Crippen LogP contribution is 2.30. The molecule has 4 rings (SSSR count). The van der Waals surface area contributed by atoms with Gasteiger partial charge in [-0.3, -0.25) is 14.5 Å². The minimum absolute atomic E-state index is 0.154. The van der Waals surface area contributed by atoms with Crippen molar-refractivity contribution in [1.82, 2.24) is 14.4 Å². The Labute approximate surface area is 141 Å². The van der Waals surface area contributed by atoms with Crippen molar-refractivity contribution in [2.24, 2.45) is 0 Å². The van der Waals surface area contributed by atoms with Gasteiger partial charge in [0.1, 0.15) is 0 Å². The molecule has 7 heteroatoms. The van der Waals surface area contributed by atoms with Gasteiger partial charge in [-0.1, -0.05) is 0 Å². The number of rotatable bonds is 3. The lowest BCUT2D eigenvalue weighted by molar-refractivity contribution is -0.111. The summed E-state index contributed by atoms with van der Waals surface area (Å²) in [5.41, 5.74) is 3.02. The number of anilines is 1. The van der Waals surface area contributed by atoms with Crippen molar-refractivity contribution in [3.8, 4) is 0 Å². The molecule has 118 valence electrons. The van der Waals surface area contributed by atoms with Crippen LogP contribution in [0.5, 0.6) is 0 Å². The van der Waals surface area contributed by atoms with Gasteiger partial charge < -0.3 is 0 Å². The number of aryl methyl sites for hydroxylation is 4. The molecule has 0 saturated carbocycles. The minimum Gasteiger partial charge on any atom is -0.298 e. The molecule has 0 atom stereocenters. The third-order valence-corrected chi connectivity index (χ3v) is 5.85. The summed E-state index contributed by atoms with van der Waals surface area (Å²) in [6, 6.07) is 0. The first kappa shape index (κ1) is 14.6. The number of nitrogens with zero attached hydrogens (tertiary/aromatic N) is 3. The molecule has 1 N–H and O–H groups in total. The van der Waals surface area contributed by atoms with E-state index in [0.717, 1.165) is 34.9 Å². The highest BCUT2D eigenvalue weighted by molar-refractivity contribution is 7.17. The SMILES string of the molecule is Cc1cn2c(C=CC(=O)Nc3nc4c(s3)CCC4)c(C)nc2s1. The summed E-state index contributed by atoms with van der Waals surface area (Å²) in [7, 11) is 0. The van der Waals surface area contributed by atoms with E-state index in [0.29, 0.717) is 5.13 Å².